The molecule has 1 N–H and O–H groups in total. The molecule has 0 unspecified atom stereocenters. The van der Waals surface area contributed by atoms with Crippen LogP contribution in [-0.2, 0) is 11.3 Å². The summed E-state index contributed by atoms with van der Waals surface area (Å²) >= 11 is 0. The van der Waals surface area contributed by atoms with E-state index in [9.17, 15) is 9.90 Å². The fourth-order valence-corrected chi connectivity index (χ4v) is 8.81. The zero-order valence-electron chi connectivity index (χ0n) is 19.4. The van der Waals surface area contributed by atoms with Crippen molar-refractivity contribution in [3.05, 3.63) is 18.7 Å². The standard InChI is InChI=1S/C26H36N4O2/c1-25(32)9-7-17-16(11-25)3-4-19-18(17)8-10-26(2)20(19)5-6-21(26)24(31)14-30-23-13-27-15-28-22(23)12-29-30/h12-13,15-21,32H,3-11,14H2,1-2H3/t16-,17+,18-,19-,20+,21-,25-,26+/m1/s1. The van der Waals surface area contributed by atoms with E-state index >= 15 is 0 Å². The topological polar surface area (TPSA) is 80.9 Å². The Morgan fingerprint density at radius 2 is 1.91 bits per heavy atom. The number of nitrogens with zero attached hydrogens (tertiary/aromatic N) is 4. The first-order chi connectivity index (χ1) is 15.4. The third kappa shape index (κ3) is 3.16. The molecule has 0 aliphatic heterocycles. The Balaban J connectivity index is 1.20. The predicted molar refractivity (Wildman–Crippen MR) is 122 cm³/mol. The zero-order valence-corrected chi connectivity index (χ0v) is 19.4. The number of carbonyl (C=O) groups is 1. The molecule has 4 aliphatic carbocycles. The van der Waals surface area contributed by atoms with Crippen LogP contribution in [0.5, 0.6) is 0 Å². The van der Waals surface area contributed by atoms with E-state index in [-0.39, 0.29) is 11.3 Å². The van der Waals surface area contributed by atoms with Crippen LogP contribution in [0.1, 0.15) is 71.6 Å². The van der Waals surface area contributed by atoms with Crippen LogP contribution >= 0.6 is 0 Å². The average Bonchev–Trinajstić information content (AvgIpc) is 3.33. The van der Waals surface area contributed by atoms with E-state index in [0.29, 0.717) is 24.2 Å². The van der Waals surface area contributed by atoms with Gasteiger partial charge in [0.2, 0.25) is 0 Å². The third-order valence-electron chi connectivity index (χ3n) is 10.3. The maximum absolute atomic E-state index is 13.5. The lowest BCUT2D eigenvalue weighted by atomic mass is 9.49. The Hall–Kier alpha value is -1.82. The van der Waals surface area contributed by atoms with Crippen molar-refractivity contribution < 1.29 is 9.90 Å². The lowest BCUT2D eigenvalue weighted by molar-refractivity contribution is -0.133. The van der Waals surface area contributed by atoms with E-state index < -0.39 is 5.60 Å². The molecule has 0 saturated heterocycles. The molecular weight excluding hydrogens is 400 g/mol. The summed E-state index contributed by atoms with van der Waals surface area (Å²) in [6, 6.07) is 0. The van der Waals surface area contributed by atoms with Crippen molar-refractivity contribution in [2.24, 2.45) is 40.9 Å². The average molecular weight is 437 g/mol. The van der Waals surface area contributed by atoms with Crippen LogP contribution in [0.15, 0.2) is 18.7 Å². The molecule has 32 heavy (non-hydrogen) atoms. The summed E-state index contributed by atoms with van der Waals surface area (Å²) < 4.78 is 1.79. The minimum Gasteiger partial charge on any atom is -0.390 e. The first kappa shape index (κ1) is 20.8. The van der Waals surface area contributed by atoms with Gasteiger partial charge in [-0.05, 0) is 99.7 Å². The van der Waals surface area contributed by atoms with E-state index in [2.05, 4.69) is 22.0 Å². The Morgan fingerprint density at radius 1 is 1.06 bits per heavy atom. The maximum Gasteiger partial charge on any atom is 0.157 e. The molecule has 172 valence electrons. The smallest absolute Gasteiger partial charge is 0.157 e. The van der Waals surface area contributed by atoms with Crippen molar-refractivity contribution in [3.63, 3.8) is 0 Å². The van der Waals surface area contributed by atoms with Crippen LogP contribution in [0.3, 0.4) is 0 Å². The fraction of sp³-hybridized carbons (Fsp3) is 0.769. The highest BCUT2D eigenvalue weighted by Crippen LogP contribution is 2.64. The summed E-state index contributed by atoms with van der Waals surface area (Å²) in [5.74, 6) is 4.24. The third-order valence-corrected chi connectivity index (χ3v) is 10.3. The molecule has 0 radical (unpaired) electrons. The zero-order chi connectivity index (χ0) is 22.1. The van der Waals surface area contributed by atoms with Gasteiger partial charge >= 0.3 is 0 Å². The molecule has 0 bridgehead atoms. The second-order valence-corrected chi connectivity index (χ2v) is 11.9. The number of rotatable bonds is 3. The molecule has 6 heteroatoms. The van der Waals surface area contributed by atoms with Crippen molar-refractivity contribution in [2.45, 2.75) is 83.8 Å². The van der Waals surface area contributed by atoms with Gasteiger partial charge in [0.15, 0.2) is 5.78 Å². The monoisotopic (exact) mass is 436 g/mol. The van der Waals surface area contributed by atoms with Gasteiger partial charge in [0.1, 0.15) is 23.9 Å². The summed E-state index contributed by atoms with van der Waals surface area (Å²) in [4.78, 5) is 21.9. The summed E-state index contributed by atoms with van der Waals surface area (Å²) in [7, 11) is 0. The van der Waals surface area contributed by atoms with Gasteiger partial charge in [-0.15, -0.1) is 0 Å². The highest BCUT2D eigenvalue weighted by Gasteiger charge is 2.58. The van der Waals surface area contributed by atoms with Gasteiger partial charge < -0.3 is 5.11 Å². The molecule has 2 aromatic rings. The van der Waals surface area contributed by atoms with Crippen LogP contribution in [-0.4, -0.2) is 36.2 Å². The van der Waals surface area contributed by atoms with Crippen molar-refractivity contribution in [1.29, 1.82) is 0 Å². The number of fused-ring (bicyclic) bond motifs is 6. The molecule has 6 nitrogen and oxygen atoms in total. The summed E-state index contributed by atoms with van der Waals surface area (Å²) in [6.45, 7) is 4.79. The van der Waals surface area contributed by atoms with E-state index in [0.717, 1.165) is 48.0 Å². The Labute approximate surface area is 190 Å². The molecule has 4 saturated carbocycles. The summed E-state index contributed by atoms with van der Waals surface area (Å²) in [6.07, 6.45) is 15.4. The van der Waals surface area contributed by atoms with Crippen molar-refractivity contribution in [3.8, 4) is 0 Å². The van der Waals surface area contributed by atoms with Gasteiger partial charge in [0.05, 0.1) is 18.0 Å². The van der Waals surface area contributed by atoms with Gasteiger partial charge in [0, 0.05) is 5.92 Å². The molecule has 0 spiro atoms. The molecule has 6 rings (SSSR count). The van der Waals surface area contributed by atoms with Gasteiger partial charge in [-0.2, -0.15) is 5.10 Å². The highest BCUT2D eigenvalue weighted by molar-refractivity contribution is 5.84. The Bertz CT molecular complexity index is 1030. The SMILES string of the molecule is C[C@@]1(O)CC[C@H]2[C@H](CC[C@@H]3[C@@H]2CC[C@]2(C)[C@@H](C(=O)Cn4ncc5ncncc54)CC[C@@H]32)C1. The van der Waals surface area contributed by atoms with E-state index in [4.69, 9.17) is 0 Å². The number of hydrogen-bond acceptors (Lipinski definition) is 5. The van der Waals surface area contributed by atoms with E-state index in [1.165, 1.54) is 44.9 Å². The van der Waals surface area contributed by atoms with Gasteiger partial charge in [0.25, 0.3) is 0 Å². The quantitative estimate of drug-likeness (QED) is 0.771. The Kier molecular flexibility index (Phi) is 4.76. The van der Waals surface area contributed by atoms with Crippen molar-refractivity contribution in [1.82, 2.24) is 19.7 Å². The normalized spacial score (nSPS) is 43.5. The molecule has 4 aliphatic rings. The molecular formula is C26H36N4O2. The lowest BCUT2D eigenvalue weighted by Gasteiger charge is -2.56. The van der Waals surface area contributed by atoms with Gasteiger partial charge in [-0.25, -0.2) is 9.97 Å². The minimum atomic E-state index is -0.455. The van der Waals surface area contributed by atoms with Crippen LogP contribution in [0.4, 0.5) is 0 Å². The first-order valence-corrected chi connectivity index (χ1v) is 12.7. The Morgan fingerprint density at radius 3 is 2.78 bits per heavy atom. The molecule has 2 heterocycles. The van der Waals surface area contributed by atoms with Gasteiger partial charge in [-0.3, -0.25) is 9.48 Å². The number of aliphatic hydroxyl groups is 1. The number of aromatic nitrogens is 4. The second-order valence-electron chi connectivity index (χ2n) is 11.9. The van der Waals surface area contributed by atoms with E-state index in [1.807, 2.05) is 6.92 Å². The van der Waals surface area contributed by atoms with E-state index in [1.54, 1.807) is 17.1 Å². The first-order valence-electron chi connectivity index (χ1n) is 12.7. The number of ketones is 1. The molecule has 0 amide bonds. The summed E-state index contributed by atoms with van der Waals surface area (Å²) in [5.41, 5.74) is 1.32. The summed E-state index contributed by atoms with van der Waals surface area (Å²) in [5, 5.41) is 15.0. The molecule has 0 aromatic carbocycles. The van der Waals surface area contributed by atoms with Crippen LogP contribution < -0.4 is 0 Å². The molecule has 8 atom stereocenters. The minimum absolute atomic E-state index is 0.130. The van der Waals surface area contributed by atoms with Crippen LogP contribution in [0.25, 0.3) is 11.0 Å². The van der Waals surface area contributed by atoms with Crippen molar-refractivity contribution in [2.75, 3.05) is 0 Å². The number of hydrogen-bond donors (Lipinski definition) is 1. The fourth-order valence-electron chi connectivity index (χ4n) is 8.81. The van der Waals surface area contributed by atoms with Crippen LogP contribution in [0, 0.1) is 40.9 Å². The van der Waals surface area contributed by atoms with Crippen molar-refractivity contribution >= 4 is 16.8 Å². The van der Waals surface area contributed by atoms with Gasteiger partial charge in [-0.1, -0.05) is 6.92 Å². The second kappa shape index (κ2) is 7.34. The largest absolute Gasteiger partial charge is 0.390 e. The van der Waals surface area contributed by atoms with Crippen LogP contribution in [0.2, 0.25) is 0 Å². The molecule has 2 aromatic heterocycles. The predicted octanol–water partition coefficient (Wildman–Crippen LogP) is 4.42. The number of carbonyl (C=O) groups excluding carboxylic acids is 1. The number of Topliss-reactive ketones (excluding diaryl/α,β-unsaturated/α-hetero) is 1. The highest BCUT2D eigenvalue weighted by atomic mass is 16.3. The maximum atomic E-state index is 13.5. The molecule has 4 fully saturated rings. The lowest BCUT2D eigenvalue weighted by Crippen LogP contribution is -2.51.